The third-order valence-electron chi connectivity index (χ3n) is 4.01. The van der Waals surface area contributed by atoms with E-state index in [9.17, 15) is 29.0 Å². The number of nitrogens with two attached hydrogens (primary N) is 1. The van der Waals surface area contributed by atoms with E-state index >= 15 is 0 Å². The van der Waals surface area contributed by atoms with E-state index < -0.39 is 41.1 Å². The summed E-state index contributed by atoms with van der Waals surface area (Å²) < 4.78 is 14.7. The van der Waals surface area contributed by atoms with E-state index in [1.807, 2.05) is 0 Å². The van der Waals surface area contributed by atoms with Crippen molar-refractivity contribution in [2.24, 2.45) is 5.73 Å². The molecule has 1 aromatic heterocycles. The Labute approximate surface area is 157 Å². The van der Waals surface area contributed by atoms with Crippen LogP contribution in [-0.2, 0) is 9.59 Å². The van der Waals surface area contributed by atoms with Gasteiger partial charge in [-0.2, -0.15) is 5.10 Å². The molecule has 0 spiro atoms. The van der Waals surface area contributed by atoms with Crippen LogP contribution in [0.1, 0.15) is 23.4 Å². The zero-order valence-electron chi connectivity index (χ0n) is 14.5. The van der Waals surface area contributed by atoms with Gasteiger partial charge < -0.3 is 21.3 Å². The van der Waals surface area contributed by atoms with Crippen molar-refractivity contribution in [1.82, 2.24) is 15.1 Å². The molecule has 0 radical (unpaired) electrons. The summed E-state index contributed by atoms with van der Waals surface area (Å²) in [5, 5.41) is 26.1. The Morgan fingerprint density at radius 2 is 1.96 bits per heavy atom. The first-order chi connectivity index (χ1) is 13.2. The maximum absolute atomic E-state index is 13.7. The number of aromatic hydroxyl groups is 1. The smallest absolute Gasteiger partial charge is 0.339 e. The number of halogens is 1. The number of carboxylic acid groups (broad SMARTS) is 1. The number of hydrogen-bond acceptors (Lipinski definition) is 5. The lowest BCUT2D eigenvalue weighted by Crippen LogP contribution is -2.40. The molecule has 28 heavy (non-hydrogen) atoms. The first kappa shape index (κ1) is 18.8. The molecular weight excluding hydrogens is 371 g/mol. The van der Waals surface area contributed by atoms with Gasteiger partial charge in [-0.1, -0.05) is 12.1 Å². The Balaban J connectivity index is 2.36. The topological polar surface area (TPSA) is 148 Å². The van der Waals surface area contributed by atoms with Gasteiger partial charge in [-0.3, -0.25) is 9.59 Å². The van der Waals surface area contributed by atoms with Crippen molar-refractivity contribution in [2.45, 2.75) is 13.1 Å². The quantitative estimate of drug-likeness (QED) is 0.520. The number of nitrogens with one attached hydrogen (secondary N) is 1. The number of primary amides is 1. The largest absolute Gasteiger partial charge is 0.507 e. The van der Waals surface area contributed by atoms with E-state index in [-0.39, 0.29) is 16.6 Å². The number of aromatic nitrogens is 2. The lowest BCUT2D eigenvalue weighted by atomic mass is 10.0. The van der Waals surface area contributed by atoms with Crippen LogP contribution in [0.3, 0.4) is 0 Å². The molecule has 2 amide bonds. The number of hydrogen-bond donors (Lipinski definition) is 4. The molecule has 0 aliphatic rings. The number of nitrogens with zero attached hydrogens (tertiary/aromatic N) is 2. The highest BCUT2D eigenvalue weighted by Crippen LogP contribution is 2.34. The number of carboxylic acids is 1. The Morgan fingerprint density at radius 1 is 1.25 bits per heavy atom. The summed E-state index contributed by atoms with van der Waals surface area (Å²) in [6, 6.07) is 7.63. The van der Waals surface area contributed by atoms with Gasteiger partial charge in [0.25, 0.3) is 5.91 Å². The molecular formula is C18H15FN4O5. The van der Waals surface area contributed by atoms with Gasteiger partial charge in [-0.15, -0.1) is 0 Å². The summed E-state index contributed by atoms with van der Waals surface area (Å²) in [4.78, 5) is 34.7. The number of carbonyl (C=O) groups is 3. The van der Waals surface area contributed by atoms with E-state index in [0.717, 1.165) is 16.8 Å². The molecule has 2 aromatic carbocycles. The third-order valence-corrected chi connectivity index (χ3v) is 4.01. The normalized spacial score (nSPS) is 11.9. The molecule has 0 bridgehead atoms. The average Bonchev–Trinajstić information content (AvgIpc) is 2.96. The highest BCUT2D eigenvalue weighted by molar-refractivity contribution is 6.02. The second kappa shape index (κ2) is 6.99. The summed E-state index contributed by atoms with van der Waals surface area (Å²) in [7, 11) is 0. The van der Waals surface area contributed by atoms with Crippen LogP contribution in [0.2, 0.25) is 0 Å². The van der Waals surface area contributed by atoms with Crippen molar-refractivity contribution >= 4 is 28.7 Å². The van der Waals surface area contributed by atoms with Gasteiger partial charge in [0.15, 0.2) is 0 Å². The molecule has 3 rings (SSSR count). The second-order valence-corrected chi connectivity index (χ2v) is 6.00. The first-order valence-electron chi connectivity index (χ1n) is 8.00. The zero-order valence-corrected chi connectivity index (χ0v) is 14.5. The van der Waals surface area contributed by atoms with E-state index in [1.165, 1.54) is 25.1 Å². The lowest BCUT2D eigenvalue weighted by Gasteiger charge is -2.16. The molecule has 1 atom stereocenters. The number of benzene rings is 2. The van der Waals surface area contributed by atoms with Gasteiger partial charge >= 0.3 is 5.97 Å². The number of carbonyl (C=O) groups excluding carboxylic acids is 2. The number of fused-ring (bicyclic) bond motifs is 1. The van der Waals surface area contributed by atoms with Crippen LogP contribution in [0.4, 0.5) is 4.39 Å². The highest BCUT2D eigenvalue weighted by atomic mass is 19.1. The highest BCUT2D eigenvalue weighted by Gasteiger charge is 2.26. The van der Waals surface area contributed by atoms with Crippen molar-refractivity contribution in [3.63, 3.8) is 0 Å². The van der Waals surface area contributed by atoms with Crippen LogP contribution in [0, 0.1) is 5.82 Å². The van der Waals surface area contributed by atoms with Gasteiger partial charge in [-0.25, -0.2) is 13.9 Å². The maximum atomic E-state index is 13.7. The SMILES string of the molecule is CC(=O)NC(C(N)=O)n1nc(-c2cccc(F)c2)c2cc(C(=O)O)c(O)cc21. The Hall–Kier alpha value is -3.95. The third kappa shape index (κ3) is 3.34. The molecule has 0 fully saturated rings. The minimum atomic E-state index is -1.41. The minimum absolute atomic E-state index is 0.124. The molecule has 1 heterocycles. The number of amides is 2. The van der Waals surface area contributed by atoms with Crippen molar-refractivity contribution < 1.29 is 29.0 Å². The molecule has 0 aliphatic carbocycles. The molecule has 5 N–H and O–H groups in total. The monoisotopic (exact) mass is 386 g/mol. The molecule has 0 saturated carbocycles. The number of aromatic carboxylic acids is 1. The van der Waals surface area contributed by atoms with Crippen LogP contribution >= 0.6 is 0 Å². The van der Waals surface area contributed by atoms with Crippen molar-refractivity contribution in [1.29, 1.82) is 0 Å². The van der Waals surface area contributed by atoms with E-state index in [2.05, 4.69) is 10.4 Å². The van der Waals surface area contributed by atoms with E-state index in [1.54, 1.807) is 6.07 Å². The molecule has 9 nitrogen and oxygen atoms in total. The molecule has 1 unspecified atom stereocenters. The van der Waals surface area contributed by atoms with E-state index in [0.29, 0.717) is 5.56 Å². The predicted molar refractivity (Wildman–Crippen MR) is 95.8 cm³/mol. The summed E-state index contributed by atoms with van der Waals surface area (Å²) in [6.45, 7) is 1.18. The van der Waals surface area contributed by atoms with Gasteiger partial charge in [0.05, 0.1) is 5.52 Å². The fourth-order valence-corrected chi connectivity index (χ4v) is 2.83. The van der Waals surface area contributed by atoms with Crippen LogP contribution < -0.4 is 11.1 Å². The lowest BCUT2D eigenvalue weighted by molar-refractivity contribution is -0.128. The second-order valence-electron chi connectivity index (χ2n) is 6.00. The van der Waals surface area contributed by atoms with Gasteiger partial charge in [0, 0.05) is 23.9 Å². The van der Waals surface area contributed by atoms with Crippen LogP contribution in [0.5, 0.6) is 5.75 Å². The van der Waals surface area contributed by atoms with Crippen molar-refractivity contribution in [3.05, 3.63) is 47.8 Å². The van der Waals surface area contributed by atoms with Crippen LogP contribution in [-0.4, -0.2) is 37.8 Å². The van der Waals surface area contributed by atoms with Crippen molar-refractivity contribution in [3.8, 4) is 17.0 Å². The van der Waals surface area contributed by atoms with Crippen LogP contribution in [0.15, 0.2) is 36.4 Å². The molecule has 144 valence electrons. The fraction of sp³-hybridized carbons (Fsp3) is 0.111. The summed E-state index contributed by atoms with van der Waals surface area (Å²) >= 11 is 0. The fourth-order valence-electron chi connectivity index (χ4n) is 2.83. The Morgan fingerprint density at radius 3 is 2.54 bits per heavy atom. The van der Waals surface area contributed by atoms with E-state index in [4.69, 9.17) is 5.73 Å². The summed E-state index contributed by atoms with van der Waals surface area (Å²) in [6.07, 6.45) is -1.41. The summed E-state index contributed by atoms with van der Waals surface area (Å²) in [5.41, 5.74) is 5.54. The maximum Gasteiger partial charge on any atom is 0.339 e. The Kier molecular flexibility index (Phi) is 4.70. The number of rotatable bonds is 5. The predicted octanol–water partition coefficient (Wildman–Crippen LogP) is 1.37. The zero-order chi connectivity index (χ0) is 20.6. The minimum Gasteiger partial charge on any atom is -0.507 e. The standard InChI is InChI=1S/C18H15FN4O5/c1-8(24)21-17(16(20)26)23-13-7-14(25)12(18(27)28)6-11(13)15(22-23)9-3-2-4-10(19)5-9/h2-7,17,25H,1H3,(H2,20,26)(H,21,24)(H,27,28). The first-order valence-corrected chi connectivity index (χ1v) is 8.00. The number of phenols is 1. The average molecular weight is 386 g/mol. The molecule has 0 saturated heterocycles. The molecule has 10 heteroatoms. The van der Waals surface area contributed by atoms with Gasteiger partial charge in [-0.05, 0) is 18.2 Å². The Bertz CT molecular complexity index is 1120. The van der Waals surface area contributed by atoms with Crippen LogP contribution in [0.25, 0.3) is 22.2 Å². The molecule has 0 aliphatic heterocycles. The van der Waals surface area contributed by atoms with Gasteiger partial charge in [0.1, 0.15) is 22.8 Å². The summed E-state index contributed by atoms with van der Waals surface area (Å²) in [5.74, 6) is -4.01. The van der Waals surface area contributed by atoms with Gasteiger partial charge in [0.2, 0.25) is 12.1 Å². The van der Waals surface area contributed by atoms with Crippen molar-refractivity contribution in [2.75, 3.05) is 0 Å². The molecule has 3 aromatic rings.